The van der Waals surface area contributed by atoms with Crippen molar-refractivity contribution >= 4 is 28.6 Å². The van der Waals surface area contributed by atoms with Crippen LogP contribution in [0.3, 0.4) is 0 Å². The number of fused-ring (bicyclic) bond motifs is 1. The number of rotatable bonds is 4. The number of anilines is 1. The molecular weight excluding hydrogens is 330 g/mol. The van der Waals surface area contributed by atoms with Gasteiger partial charge in [0, 0.05) is 25.7 Å². The van der Waals surface area contributed by atoms with Crippen LogP contribution in [-0.2, 0) is 11.4 Å². The van der Waals surface area contributed by atoms with E-state index in [2.05, 4.69) is 37.0 Å². The Hall–Kier alpha value is -1.51. The summed E-state index contributed by atoms with van der Waals surface area (Å²) in [4.78, 5) is 13.4. The van der Waals surface area contributed by atoms with Crippen LogP contribution in [0.5, 0.6) is 0 Å². The molecule has 0 aliphatic carbocycles. The molecule has 0 saturated carbocycles. The molecule has 0 radical (unpaired) electrons. The van der Waals surface area contributed by atoms with Crippen molar-refractivity contribution in [1.29, 1.82) is 0 Å². The van der Waals surface area contributed by atoms with Crippen molar-refractivity contribution < 1.29 is 4.74 Å². The van der Waals surface area contributed by atoms with Crippen molar-refractivity contribution in [2.24, 2.45) is 0 Å². The highest BCUT2D eigenvalue weighted by Crippen LogP contribution is 2.26. The maximum absolute atomic E-state index is 6.18. The maximum atomic E-state index is 6.18. The lowest BCUT2D eigenvalue weighted by molar-refractivity contribution is 0.122. The number of halogens is 1. The Morgan fingerprint density at radius 2 is 2.04 bits per heavy atom. The normalized spacial score (nSPS) is 22.6. The van der Waals surface area contributed by atoms with Gasteiger partial charge in [0.2, 0.25) is 5.28 Å². The number of morpholine rings is 1. The lowest BCUT2D eigenvalue weighted by atomic mass is 10.2. The minimum atomic E-state index is 0.237. The molecule has 130 valence electrons. The van der Waals surface area contributed by atoms with Gasteiger partial charge in [0.15, 0.2) is 17.0 Å². The molecule has 8 nitrogen and oxygen atoms in total. The Balaban J connectivity index is 1.67. The highest BCUT2D eigenvalue weighted by Gasteiger charge is 2.26. The molecule has 2 aliphatic heterocycles. The van der Waals surface area contributed by atoms with Crippen LogP contribution in [0.15, 0.2) is 0 Å². The highest BCUT2D eigenvalue weighted by atomic mass is 35.5. The Morgan fingerprint density at radius 1 is 1.21 bits per heavy atom. The fourth-order valence-corrected chi connectivity index (χ4v) is 3.78. The summed E-state index contributed by atoms with van der Waals surface area (Å²) in [6.45, 7) is 6.95. The lowest BCUT2D eigenvalue weighted by Gasteiger charge is -2.27. The van der Waals surface area contributed by atoms with Crippen LogP contribution in [0, 0.1) is 0 Å². The van der Waals surface area contributed by atoms with Crippen LogP contribution in [0.25, 0.3) is 11.2 Å². The number of likely N-dealkylation sites (tertiary alicyclic amines) is 1. The van der Waals surface area contributed by atoms with Gasteiger partial charge in [-0.1, -0.05) is 12.1 Å². The number of ether oxygens (including phenoxy) is 1. The second-order valence-electron chi connectivity index (χ2n) is 6.33. The van der Waals surface area contributed by atoms with Crippen molar-refractivity contribution in [3.8, 4) is 0 Å². The fraction of sp³-hybridized carbons (Fsp3) is 0.733. The first kappa shape index (κ1) is 16.0. The molecule has 0 amide bonds. The summed E-state index contributed by atoms with van der Waals surface area (Å²) in [6, 6.07) is 0.611. The van der Waals surface area contributed by atoms with Gasteiger partial charge in [0.1, 0.15) is 0 Å². The number of aromatic nitrogens is 5. The second kappa shape index (κ2) is 6.78. The molecule has 4 heterocycles. The van der Waals surface area contributed by atoms with E-state index < -0.39 is 0 Å². The minimum Gasteiger partial charge on any atom is -0.378 e. The topological polar surface area (TPSA) is 72.2 Å². The van der Waals surface area contributed by atoms with E-state index in [1.807, 2.05) is 4.68 Å². The predicted molar refractivity (Wildman–Crippen MR) is 91.2 cm³/mol. The third-order valence-electron chi connectivity index (χ3n) is 4.91. The van der Waals surface area contributed by atoms with Gasteiger partial charge in [-0.2, -0.15) is 9.97 Å². The van der Waals surface area contributed by atoms with E-state index in [1.165, 1.54) is 12.8 Å². The zero-order chi connectivity index (χ0) is 16.5. The highest BCUT2D eigenvalue weighted by molar-refractivity contribution is 6.28. The molecule has 1 atom stereocenters. The molecule has 0 bridgehead atoms. The first-order valence-electron chi connectivity index (χ1n) is 8.59. The van der Waals surface area contributed by atoms with E-state index in [9.17, 15) is 0 Å². The van der Waals surface area contributed by atoms with Gasteiger partial charge in [-0.3, -0.25) is 4.90 Å². The van der Waals surface area contributed by atoms with Gasteiger partial charge in [0.25, 0.3) is 0 Å². The Bertz CT molecular complexity index is 715. The monoisotopic (exact) mass is 351 g/mol. The molecule has 4 rings (SSSR count). The van der Waals surface area contributed by atoms with Crippen molar-refractivity contribution in [3.05, 3.63) is 5.28 Å². The molecule has 2 aromatic heterocycles. The molecule has 24 heavy (non-hydrogen) atoms. The number of nitrogens with zero attached hydrogens (tertiary/aromatic N) is 7. The Labute approximate surface area is 145 Å². The van der Waals surface area contributed by atoms with E-state index in [0.717, 1.165) is 31.9 Å². The lowest BCUT2D eigenvalue weighted by Crippen LogP contribution is -2.37. The van der Waals surface area contributed by atoms with E-state index in [4.69, 9.17) is 16.3 Å². The summed E-state index contributed by atoms with van der Waals surface area (Å²) < 4.78 is 7.26. The van der Waals surface area contributed by atoms with Gasteiger partial charge >= 0.3 is 0 Å². The summed E-state index contributed by atoms with van der Waals surface area (Å²) in [5.74, 6) is 0.757. The first-order chi connectivity index (χ1) is 11.8. The smallest absolute Gasteiger partial charge is 0.226 e. The van der Waals surface area contributed by atoms with Crippen LogP contribution < -0.4 is 4.90 Å². The standard InChI is InChI=1S/C15H22ClN7O/c1-2-11-4-3-5-22(11)10-23-14-12(19-20-23)13(17-15(16)18-14)21-6-8-24-9-7-21/h11H,2-10H2,1H3. The van der Waals surface area contributed by atoms with Crippen molar-refractivity contribution in [1.82, 2.24) is 29.9 Å². The van der Waals surface area contributed by atoms with Crippen molar-refractivity contribution in [2.75, 3.05) is 37.7 Å². The summed E-state index contributed by atoms with van der Waals surface area (Å²) in [5.41, 5.74) is 1.42. The third-order valence-corrected chi connectivity index (χ3v) is 5.08. The minimum absolute atomic E-state index is 0.237. The average molecular weight is 352 g/mol. The van der Waals surface area contributed by atoms with E-state index in [0.29, 0.717) is 37.1 Å². The van der Waals surface area contributed by atoms with Gasteiger partial charge in [0.05, 0.1) is 19.9 Å². The van der Waals surface area contributed by atoms with Crippen LogP contribution in [0.2, 0.25) is 5.28 Å². The largest absolute Gasteiger partial charge is 0.378 e. The summed E-state index contributed by atoms with van der Waals surface area (Å²) in [6.07, 6.45) is 3.64. The fourth-order valence-electron chi connectivity index (χ4n) is 3.62. The SMILES string of the molecule is CCC1CCCN1Cn1nnc2c(N3CCOCC3)nc(Cl)nc21. The second-order valence-corrected chi connectivity index (χ2v) is 6.67. The summed E-state index contributed by atoms with van der Waals surface area (Å²) in [5, 5.41) is 8.92. The van der Waals surface area contributed by atoms with Crippen molar-refractivity contribution in [2.45, 2.75) is 38.9 Å². The molecule has 2 aromatic rings. The van der Waals surface area contributed by atoms with E-state index >= 15 is 0 Å². The van der Waals surface area contributed by atoms with E-state index in [-0.39, 0.29) is 5.28 Å². The molecule has 0 N–H and O–H groups in total. The van der Waals surface area contributed by atoms with Crippen LogP contribution in [0.1, 0.15) is 26.2 Å². The molecule has 9 heteroatoms. The molecule has 1 unspecified atom stereocenters. The molecule has 0 aromatic carbocycles. The quantitative estimate of drug-likeness (QED) is 0.774. The number of hydrogen-bond acceptors (Lipinski definition) is 7. The zero-order valence-electron chi connectivity index (χ0n) is 13.9. The molecule has 0 spiro atoms. The Kier molecular flexibility index (Phi) is 4.51. The molecular formula is C15H22ClN7O. The van der Waals surface area contributed by atoms with Crippen LogP contribution in [-0.4, -0.2) is 68.8 Å². The molecule has 2 fully saturated rings. The summed E-state index contributed by atoms with van der Waals surface area (Å²) >= 11 is 6.18. The van der Waals surface area contributed by atoms with Gasteiger partial charge in [-0.25, -0.2) is 4.68 Å². The Morgan fingerprint density at radius 3 is 2.83 bits per heavy atom. The van der Waals surface area contributed by atoms with Gasteiger partial charge in [-0.15, -0.1) is 5.10 Å². The first-order valence-corrected chi connectivity index (χ1v) is 8.97. The number of hydrogen-bond donors (Lipinski definition) is 0. The van der Waals surface area contributed by atoms with Crippen LogP contribution >= 0.6 is 11.6 Å². The average Bonchev–Trinajstić information content (AvgIpc) is 3.22. The van der Waals surface area contributed by atoms with E-state index in [1.54, 1.807) is 0 Å². The zero-order valence-corrected chi connectivity index (χ0v) is 14.6. The molecule has 2 aliphatic rings. The molecule has 2 saturated heterocycles. The van der Waals surface area contributed by atoms with Crippen LogP contribution in [0.4, 0.5) is 5.82 Å². The summed E-state index contributed by atoms with van der Waals surface area (Å²) in [7, 11) is 0. The van der Waals surface area contributed by atoms with Crippen molar-refractivity contribution in [3.63, 3.8) is 0 Å². The van der Waals surface area contributed by atoms with Gasteiger partial charge < -0.3 is 9.64 Å². The predicted octanol–water partition coefficient (Wildman–Crippen LogP) is 1.54. The van der Waals surface area contributed by atoms with Gasteiger partial charge in [-0.05, 0) is 30.9 Å². The third kappa shape index (κ3) is 2.94. The maximum Gasteiger partial charge on any atom is 0.226 e.